The standard InChI is InChI=1S/C15H30N2O2/c1-11-10-15(3,4)8-7-13(11)17-14(19)16-12(2)6-5-9-18/h11-13,18H,5-10H2,1-4H3,(H2,16,17,19). The van der Waals surface area contributed by atoms with Crippen LogP contribution >= 0.6 is 0 Å². The van der Waals surface area contributed by atoms with Crippen LogP contribution in [0.1, 0.15) is 59.8 Å². The highest BCUT2D eigenvalue weighted by Crippen LogP contribution is 2.38. The molecular formula is C15H30N2O2. The third-order valence-corrected chi connectivity index (χ3v) is 4.18. The molecule has 19 heavy (non-hydrogen) atoms. The Bertz CT molecular complexity index is 292. The third-order valence-electron chi connectivity index (χ3n) is 4.18. The van der Waals surface area contributed by atoms with Gasteiger partial charge in [-0.3, -0.25) is 0 Å². The molecule has 3 unspecified atom stereocenters. The van der Waals surface area contributed by atoms with Crippen molar-refractivity contribution in [2.45, 2.75) is 71.9 Å². The van der Waals surface area contributed by atoms with Crippen LogP contribution in [-0.2, 0) is 0 Å². The Morgan fingerprint density at radius 1 is 1.47 bits per heavy atom. The molecule has 3 N–H and O–H groups in total. The summed E-state index contributed by atoms with van der Waals surface area (Å²) in [6.07, 6.45) is 4.94. The van der Waals surface area contributed by atoms with Crippen LogP contribution in [-0.4, -0.2) is 29.8 Å². The van der Waals surface area contributed by atoms with Crippen LogP contribution in [0.2, 0.25) is 0 Å². The van der Waals surface area contributed by atoms with Crippen molar-refractivity contribution in [3.8, 4) is 0 Å². The van der Waals surface area contributed by atoms with Gasteiger partial charge in [-0.1, -0.05) is 20.8 Å². The maximum Gasteiger partial charge on any atom is 0.315 e. The lowest BCUT2D eigenvalue weighted by atomic mass is 9.70. The normalized spacial score (nSPS) is 27.6. The van der Waals surface area contributed by atoms with E-state index in [1.807, 2.05) is 6.92 Å². The van der Waals surface area contributed by atoms with Crippen LogP contribution in [0.15, 0.2) is 0 Å². The first-order valence-corrected chi connectivity index (χ1v) is 7.52. The Morgan fingerprint density at radius 2 is 2.16 bits per heavy atom. The van der Waals surface area contributed by atoms with Gasteiger partial charge in [0.15, 0.2) is 0 Å². The van der Waals surface area contributed by atoms with Gasteiger partial charge in [0.2, 0.25) is 0 Å². The molecule has 1 saturated carbocycles. The molecule has 4 nitrogen and oxygen atoms in total. The topological polar surface area (TPSA) is 61.4 Å². The van der Waals surface area contributed by atoms with Gasteiger partial charge in [0.25, 0.3) is 0 Å². The van der Waals surface area contributed by atoms with Crippen LogP contribution in [0.5, 0.6) is 0 Å². The number of aliphatic hydroxyl groups is 1. The van der Waals surface area contributed by atoms with Gasteiger partial charge in [-0.05, 0) is 50.4 Å². The lowest BCUT2D eigenvalue weighted by Crippen LogP contribution is -2.50. The van der Waals surface area contributed by atoms with Crippen molar-refractivity contribution in [1.82, 2.24) is 10.6 Å². The van der Waals surface area contributed by atoms with Crippen LogP contribution in [0.3, 0.4) is 0 Å². The summed E-state index contributed by atoms with van der Waals surface area (Å²) in [6, 6.07) is 0.336. The zero-order chi connectivity index (χ0) is 14.5. The van der Waals surface area contributed by atoms with E-state index in [4.69, 9.17) is 5.11 Å². The van der Waals surface area contributed by atoms with Crippen molar-refractivity contribution in [1.29, 1.82) is 0 Å². The molecule has 0 aliphatic heterocycles. The van der Waals surface area contributed by atoms with E-state index in [0.717, 1.165) is 25.7 Å². The van der Waals surface area contributed by atoms with Gasteiger partial charge in [-0.15, -0.1) is 0 Å². The quantitative estimate of drug-likeness (QED) is 0.719. The minimum absolute atomic E-state index is 0.0676. The molecule has 0 aromatic carbocycles. The first-order valence-electron chi connectivity index (χ1n) is 7.52. The molecule has 1 rings (SSSR count). The van der Waals surface area contributed by atoms with Crippen LogP contribution < -0.4 is 10.6 Å². The minimum Gasteiger partial charge on any atom is -0.396 e. The average Bonchev–Trinajstić information content (AvgIpc) is 2.29. The number of urea groups is 1. The second-order valence-electron chi connectivity index (χ2n) is 6.88. The second-order valence-corrected chi connectivity index (χ2v) is 6.88. The van der Waals surface area contributed by atoms with Crippen LogP contribution in [0, 0.1) is 11.3 Å². The number of nitrogens with one attached hydrogen (secondary N) is 2. The molecule has 0 saturated heterocycles. The van der Waals surface area contributed by atoms with Crippen molar-refractivity contribution >= 4 is 6.03 Å². The van der Waals surface area contributed by atoms with Crippen molar-refractivity contribution < 1.29 is 9.90 Å². The summed E-state index contributed by atoms with van der Waals surface area (Å²) in [7, 11) is 0. The number of aliphatic hydroxyl groups excluding tert-OH is 1. The summed E-state index contributed by atoms with van der Waals surface area (Å²) in [5.74, 6) is 0.530. The Balaban J connectivity index is 2.32. The molecule has 0 radical (unpaired) electrons. The SMILES string of the molecule is CC(CCCO)NC(=O)NC1CCC(C)(C)CC1C. The van der Waals surface area contributed by atoms with Crippen molar-refractivity contribution in [2.75, 3.05) is 6.61 Å². The number of hydrogen-bond acceptors (Lipinski definition) is 2. The Hall–Kier alpha value is -0.770. The van der Waals surface area contributed by atoms with E-state index in [1.165, 1.54) is 6.42 Å². The molecule has 1 fully saturated rings. The fourth-order valence-electron chi connectivity index (χ4n) is 3.06. The smallest absolute Gasteiger partial charge is 0.315 e. The number of carbonyl (C=O) groups excluding carboxylic acids is 1. The lowest BCUT2D eigenvalue weighted by molar-refractivity contribution is 0.149. The highest BCUT2D eigenvalue weighted by atomic mass is 16.3. The maximum absolute atomic E-state index is 11.9. The zero-order valence-electron chi connectivity index (χ0n) is 12.8. The van der Waals surface area contributed by atoms with E-state index in [-0.39, 0.29) is 24.7 Å². The molecule has 0 bridgehead atoms. The van der Waals surface area contributed by atoms with Gasteiger partial charge in [0, 0.05) is 18.7 Å². The highest BCUT2D eigenvalue weighted by Gasteiger charge is 2.33. The molecule has 0 heterocycles. The predicted octanol–water partition coefficient (Wildman–Crippen LogP) is 2.66. The summed E-state index contributed by atoms with van der Waals surface area (Å²) in [4.78, 5) is 11.9. The predicted molar refractivity (Wildman–Crippen MR) is 78.0 cm³/mol. The first kappa shape index (κ1) is 16.3. The molecule has 0 spiro atoms. The average molecular weight is 270 g/mol. The summed E-state index contributed by atoms with van der Waals surface area (Å²) >= 11 is 0. The second kappa shape index (κ2) is 7.13. The highest BCUT2D eigenvalue weighted by molar-refractivity contribution is 5.74. The number of amides is 2. The van der Waals surface area contributed by atoms with Crippen LogP contribution in [0.25, 0.3) is 0 Å². The molecular weight excluding hydrogens is 240 g/mol. The molecule has 1 aliphatic carbocycles. The summed E-state index contributed by atoms with van der Waals surface area (Å²) in [6.45, 7) is 8.99. The molecule has 0 aromatic rings. The fraction of sp³-hybridized carbons (Fsp3) is 0.933. The van der Waals surface area contributed by atoms with E-state index in [2.05, 4.69) is 31.4 Å². The van der Waals surface area contributed by atoms with Crippen molar-refractivity contribution in [2.24, 2.45) is 11.3 Å². The molecule has 2 amide bonds. The van der Waals surface area contributed by atoms with E-state index >= 15 is 0 Å². The summed E-state index contributed by atoms with van der Waals surface area (Å²) in [5, 5.41) is 14.8. The van der Waals surface area contributed by atoms with Gasteiger partial charge in [-0.25, -0.2) is 4.79 Å². The van der Waals surface area contributed by atoms with Gasteiger partial charge in [0.1, 0.15) is 0 Å². The fourth-order valence-corrected chi connectivity index (χ4v) is 3.06. The van der Waals surface area contributed by atoms with Gasteiger partial charge in [-0.2, -0.15) is 0 Å². The van der Waals surface area contributed by atoms with E-state index in [0.29, 0.717) is 11.3 Å². The Labute approximate surface area is 117 Å². The summed E-state index contributed by atoms with van der Waals surface area (Å²) in [5.41, 5.74) is 0.405. The van der Waals surface area contributed by atoms with E-state index in [1.54, 1.807) is 0 Å². The van der Waals surface area contributed by atoms with Crippen LogP contribution in [0.4, 0.5) is 4.79 Å². The van der Waals surface area contributed by atoms with Gasteiger partial charge < -0.3 is 15.7 Å². The minimum atomic E-state index is -0.0676. The maximum atomic E-state index is 11.9. The molecule has 3 atom stereocenters. The molecule has 0 aromatic heterocycles. The Morgan fingerprint density at radius 3 is 2.74 bits per heavy atom. The third kappa shape index (κ3) is 5.81. The summed E-state index contributed by atoms with van der Waals surface area (Å²) < 4.78 is 0. The monoisotopic (exact) mass is 270 g/mol. The number of carbonyl (C=O) groups is 1. The first-order chi connectivity index (χ1) is 8.84. The Kier molecular flexibility index (Phi) is 6.11. The largest absolute Gasteiger partial charge is 0.396 e. The lowest BCUT2D eigenvalue weighted by Gasteiger charge is -2.39. The number of rotatable bonds is 5. The van der Waals surface area contributed by atoms with E-state index in [9.17, 15) is 4.79 Å². The molecule has 112 valence electrons. The molecule has 1 aliphatic rings. The zero-order valence-corrected chi connectivity index (χ0v) is 12.8. The molecule has 4 heteroatoms. The number of hydrogen-bond donors (Lipinski definition) is 3. The van der Waals surface area contributed by atoms with Crippen molar-refractivity contribution in [3.63, 3.8) is 0 Å². The van der Waals surface area contributed by atoms with E-state index < -0.39 is 0 Å². The van der Waals surface area contributed by atoms with Gasteiger partial charge in [0.05, 0.1) is 0 Å². The van der Waals surface area contributed by atoms with Crippen molar-refractivity contribution in [3.05, 3.63) is 0 Å². The van der Waals surface area contributed by atoms with Gasteiger partial charge >= 0.3 is 6.03 Å².